The second-order valence-corrected chi connectivity index (χ2v) is 9.88. The Hall–Kier alpha value is -3.76. The molecule has 2 saturated heterocycles. The van der Waals surface area contributed by atoms with Gasteiger partial charge in [0.25, 0.3) is 0 Å². The fraction of sp³-hybridized carbons (Fsp3) is 0.385. The topological polar surface area (TPSA) is 112 Å². The van der Waals surface area contributed by atoms with E-state index in [0.717, 1.165) is 46.6 Å². The maximum absolute atomic E-state index is 12.8. The van der Waals surface area contributed by atoms with Gasteiger partial charge in [0.15, 0.2) is 11.5 Å². The maximum atomic E-state index is 12.8. The molecule has 0 spiro atoms. The Morgan fingerprint density at radius 3 is 2.81 bits per heavy atom. The average Bonchev–Trinajstić information content (AvgIpc) is 3.20. The molecule has 4 atom stereocenters. The highest BCUT2D eigenvalue weighted by molar-refractivity contribution is 6.01. The quantitative estimate of drug-likeness (QED) is 0.446. The van der Waals surface area contributed by atoms with E-state index >= 15 is 0 Å². The SMILES string of the molecule is C[C@@H]1COCCN1c1cc(-c2ccc(N3C(=O)C4CC4C3CO)cc2)c2cnn(-c3cc[nH]n3)c2n1. The first-order chi connectivity index (χ1) is 17.6. The summed E-state index contributed by atoms with van der Waals surface area (Å²) in [7, 11) is 0. The molecule has 10 nitrogen and oxygen atoms in total. The van der Waals surface area contributed by atoms with Crippen LogP contribution in [0.1, 0.15) is 13.3 Å². The van der Waals surface area contributed by atoms with E-state index in [1.807, 2.05) is 36.5 Å². The van der Waals surface area contributed by atoms with Gasteiger partial charge in [-0.3, -0.25) is 9.89 Å². The number of anilines is 2. The Balaban J connectivity index is 1.32. The zero-order valence-corrected chi connectivity index (χ0v) is 19.9. The van der Waals surface area contributed by atoms with Crippen LogP contribution in [0.15, 0.2) is 48.8 Å². The Morgan fingerprint density at radius 1 is 1.19 bits per heavy atom. The second-order valence-electron chi connectivity index (χ2n) is 9.88. The minimum Gasteiger partial charge on any atom is -0.394 e. The molecule has 184 valence electrons. The van der Waals surface area contributed by atoms with Crippen molar-refractivity contribution in [3.05, 3.63) is 48.8 Å². The molecule has 1 amide bonds. The van der Waals surface area contributed by atoms with E-state index in [0.29, 0.717) is 19.0 Å². The molecule has 10 heteroatoms. The van der Waals surface area contributed by atoms with Crippen molar-refractivity contribution >= 4 is 28.4 Å². The number of carbonyl (C=O) groups excluding carboxylic acids is 1. The number of amides is 1. The van der Waals surface area contributed by atoms with Crippen LogP contribution in [0.25, 0.3) is 28.0 Å². The monoisotopic (exact) mass is 485 g/mol. The van der Waals surface area contributed by atoms with Crippen LogP contribution in [0.2, 0.25) is 0 Å². The van der Waals surface area contributed by atoms with Gasteiger partial charge in [-0.1, -0.05) is 12.1 Å². The summed E-state index contributed by atoms with van der Waals surface area (Å²) >= 11 is 0. The number of nitrogens with zero attached hydrogens (tertiary/aromatic N) is 6. The molecule has 1 saturated carbocycles. The first kappa shape index (κ1) is 21.5. The number of nitrogens with one attached hydrogen (secondary N) is 1. The molecule has 36 heavy (non-hydrogen) atoms. The molecule has 5 heterocycles. The zero-order chi connectivity index (χ0) is 24.4. The lowest BCUT2D eigenvalue weighted by molar-refractivity contribution is -0.119. The summed E-state index contributed by atoms with van der Waals surface area (Å²) in [6.07, 6.45) is 4.49. The molecule has 3 aromatic heterocycles. The lowest BCUT2D eigenvalue weighted by Gasteiger charge is -2.34. The molecule has 3 unspecified atom stereocenters. The summed E-state index contributed by atoms with van der Waals surface area (Å²) in [4.78, 5) is 21.8. The summed E-state index contributed by atoms with van der Waals surface area (Å²) in [5.41, 5.74) is 3.57. The predicted molar refractivity (Wildman–Crippen MR) is 134 cm³/mol. The molecule has 4 aromatic rings. The minimum atomic E-state index is -0.123. The lowest BCUT2D eigenvalue weighted by atomic mass is 10.0. The zero-order valence-electron chi connectivity index (χ0n) is 19.9. The van der Waals surface area contributed by atoms with Crippen molar-refractivity contribution in [1.29, 1.82) is 0 Å². The van der Waals surface area contributed by atoms with Gasteiger partial charge >= 0.3 is 0 Å². The van der Waals surface area contributed by atoms with E-state index in [1.54, 1.807) is 15.8 Å². The summed E-state index contributed by atoms with van der Waals surface area (Å²) in [6, 6.07) is 12.1. The standard InChI is InChI=1S/C26H27N7O3/c1-15-14-36-9-8-31(15)24-11-18(21-12-28-33(25(21)29-24)23-6-7-27-30-23)16-2-4-17(5-3-16)32-22(13-34)19-10-20(19)26(32)35/h2-7,11-12,15,19-20,22,34H,8-10,13-14H2,1H3,(H,27,30)/t15-,19?,20?,22?/m1/s1. The number of pyridine rings is 1. The molecule has 0 radical (unpaired) electrons. The number of aromatic nitrogens is 5. The third kappa shape index (κ3) is 3.25. The van der Waals surface area contributed by atoms with E-state index in [2.05, 4.69) is 33.2 Å². The molecule has 2 aliphatic heterocycles. The first-order valence-electron chi connectivity index (χ1n) is 12.4. The number of ether oxygens (including phenoxy) is 1. The number of aliphatic hydroxyl groups is 1. The van der Waals surface area contributed by atoms with Crippen molar-refractivity contribution in [2.45, 2.75) is 25.4 Å². The van der Waals surface area contributed by atoms with Crippen LogP contribution in [-0.2, 0) is 9.53 Å². The molecular weight excluding hydrogens is 458 g/mol. The van der Waals surface area contributed by atoms with Gasteiger partial charge in [-0.2, -0.15) is 14.9 Å². The number of aliphatic hydroxyl groups excluding tert-OH is 1. The van der Waals surface area contributed by atoms with Gasteiger partial charge in [-0.05, 0) is 48.6 Å². The molecule has 7 rings (SSSR count). The molecular formula is C26H27N7O3. The number of rotatable bonds is 5. The summed E-state index contributed by atoms with van der Waals surface area (Å²) in [6.45, 7) is 4.20. The predicted octanol–water partition coefficient (Wildman–Crippen LogP) is 2.38. The number of morpholine rings is 1. The van der Waals surface area contributed by atoms with Crippen molar-refractivity contribution in [3.8, 4) is 16.9 Å². The number of piperidine rings is 1. The number of fused-ring (bicyclic) bond motifs is 2. The first-order valence-corrected chi connectivity index (χ1v) is 12.4. The van der Waals surface area contributed by atoms with Crippen LogP contribution in [0, 0.1) is 11.8 Å². The molecule has 0 bridgehead atoms. The van der Waals surface area contributed by atoms with Gasteiger partial charge in [0.05, 0.1) is 38.1 Å². The number of aromatic amines is 1. The van der Waals surface area contributed by atoms with Crippen molar-refractivity contribution in [3.63, 3.8) is 0 Å². The van der Waals surface area contributed by atoms with Gasteiger partial charge in [0.1, 0.15) is 5.82 Å². The highest BCUT2D eigenvalue weighted by atomic mass is 16.5. The second kappa shape index (κ2) is 8.14. The van der Waals surface area contributed by atoms with Gasteiger partial charge < -0.3 is 19.6 Å². The number of benzene rings is 1. The molecule has 3 aliphatic rings. The van der Waals surface area contributed by atoms with Gasteiger partial charge in [-0.25, -0.2) is 4.98 Å². The number of hydrogen-bond acceptors (Lipinski definition) is 7. The third-order valence-electron chi connectivity index (χ3n) is 7.76. The lowest BCUT2D eigenvalue weighted by Crippen LogP contribution is -2.44. The van der Waals surface area contributed by atoms with Gasteiger partial charge in [0.2, 0.25) is 5.91 Å². The van der Waals surface area contributed by atoms with Crippen LogP contribution in [0.5, 0.6) is 0 Å². The summed E-state index contributed by atoms with van der Waals surface area (Å²) in [5.74, 6) is 2.03. The normalized spacial score (nSPS) is 25.6. The number of hydrogen-bond donors (Lipinski definition) is 2. The van der Waals surface area contributed by atoms with Gasteiger partial charge in [-0.15, -0.1) is 0 Å². The largest absolute Gasteiger partial charge is 0.394 e. The third-order valence-corrected chi connectivity index (χ3v) is 7.76. The van der Waals surface area contributed by atoms with Crippen LogP contribution in [0.3, 0.4) is 0 Å². The molecule has 1 aromatic carbocycles. The molecule has 3 fully saturated rings. The summed E-state index contributed by atoms with van der Waals surface area (Å²) in [5, 5.41) is 22.6. The van der Waals surface area contributed by atoms with E-state index in [9.17, 15) is 9.90 Å². The van der Waals surface area contributed by atoms with Crippen LogP contribution >= 0.6 is 0 Å². The van der Waals surface area contributed by atoms with Crippen molar-refractivity contribution in [1.82, 2.24) is 25.0 Å². The Bertz CT molecular complexity index is 1430. The van der Waals surface area contributed by atoms with E-state index in [4.69, 9.17) is 9.72 Å². The van der Waals surface area contributed by atoms with Crippen LogP contribution < -0.4 is 9.80 Å². The Kier molecular flexibility index (Phi) is 4.87. The van der Waals surface area contributed by atoms with E-state index in [1.165, 1.54) is 0 Å². The average molecular weight is 486 g/mol. The highest BCUT2D eigenvalue weighted by Gasteiger charge is 2.58. The highest BCUT2D eigenvalue weighted by Crippen LogP contribution is 2.51. The fourth-order valence-electron chi connectivity index (χ4n) is 5.77. The van der Waals surface area contributed by atoms with Crippen molar-refractivity contribution in [2.75, 3.05) is 36.2 Å². The Morgan fingerprint density at radius 2 is 2.06 bits per heavy atom. The van der Waals surface area contributed by atoms with Gasteiger partial charge in [0, 0.05) is 35.8 Å². The van der Waals surface area contributed by atoms with E-state index in [-0.39, 0.29) is 36.4 Å². The molecule has 2 N–H and O–H groups in total. The van der Waals surface area contributed by atoms with E-state index < -0.39 is 0 Å². The van der Waals surface area contributed by atoms with Crippen molar-refractivity contribution in [2.24, 2.45) is 11.8 Å². The fourth-order valence-corrected chi connectivity index (χ4v) is 5.77. The summed E-state index contributed by atoms with van der Waals surface area (Å²) < 4.78 is 7.40. The van der Waals surface area contributed by atoms with Crippen LogP contribution in [0.4, 0.5) is 11.5 Å². The number of H-pyrrole nitrogens is 1. The smallest absolute Gasteiger partial charge is 0.230 e. The molecule has 1 aliphatic carbocycles. The maximum Gasteiger partial charge on any atom is 0.230 e. The Labute approximate surface area is 207 Å². The minimum absolute atomic E-state index is 0.00684. The van der Waals surface area contributed by atoms with Crippen LogP contribution in [-0.4, -0.2) is 74.4 Å². The number of carbonyl (C=O) groups is 1. The van der Waals surface area contributed by atoms with Crippen molar-refractivity contribution < 1.29 is 14.6 Å².